The molecule has 0 aliphatic rings. The van der Waals surface area contributed by atoms with Gasteiger partial charge in [0.25, 0.3) is 0 Å². The van der Waals surface area contributed by atoms with Gasteiger partial charge in [-0.05, 0) is 24.6 Å². The molecule has 0 atom stereocenters. The number of nitrogens with one attached hydrogen (secondary N) is 1. The molecule has 1 heterocycles. The number of aromatic nitrogens is 1. The lowest BCUT2D eigenvalue weighted by Gasteiger charge is -2.06. The van der Waals surface area contributed by atoms with Gasteiger partial charge in [-0.1, -0.05) is 12.1 Å². The Hall–Kier alpha value is -1.31. The topological polar surface area (TPSA) is 59.1 Å². The van der Waals surface area contributed by atoms with Gasteiger partial charge in [0.2, 0.25) is 10.0 Å². The number of rotatable bonds is 6. The van der Waals surface area contributed by atoms with Crippen LogP contribution in [0.1, 0.15) is 16.3 Å². The van der Waals surface area contributed by atoms with Crippen molar-refractivity contribution in [2.45, 2.75) is 19.1 Å². The van der Waals surface area contributed by atoms with E-state index in [4.69, 9.17) is 0 Å². The standard InChI is InChI=1S/C13H15FN2O2S2/c1-10-8-19-13(16-10)6-7-15-20(17,18)9-11-2-4-12(14)5-3-11/h2-5,8,15H,6-7,9H2,1H3. The van der Waals surface area contributed by atoms with Crippen LogP contribution in [-0.4, -0.2) is 19.9 Å². The average Bonchev–Trinajstić information content (AvgIpc) is 2.77. The van der Waals surface area contributed by atoms with Crippen LogP contribution >= 0.6 is 11.3 Å². The summed E-state index contributed by atoms with van der Waals surface area (Å²) in [5.74, 6) is -0.525. The Morgan fingerprint density at radius 1 is 1.30 bits per heavy atom. The van der Waals surface area contributed by atoms with E-state index in [1.807, 2.05) is 12.3 Å². The fraction of sp³-hybridized carbons (Fsp3) is 0.308. The lowest BCUT2D eigenvalue weighted by Crippen LogP contribution is -2.27. The molecule has 2 aromatic rings. The lowest BCUT2D eigenvalue weighted by molar-refractivity contribution is 0.580. The van der Waals surface area contributed by atoms with Crippen molar-refractivity contribution in [2.75, 3.05) is 6.54 Å². The molecule has 20 heavy (non-hydrogen) atoms. The van der Waals surface area contributed by atoms with Crippen LogP contribution in [0.15, 0.2) is 29.6 Å². The zero-order valence-corrected chi connectivity index (χ0v) is 12.6. The van der Waals surface area contributed by atoms with Crippen molar-refractivity contribution in [3.63, 3.8) is 0 Å². The molecule has 4 nitrogen and oxygen atoms in total. The SMILES string of the molecule is Cc1csc(CCNS(=O)(=O)Cc2ccc(F)cc2)n1. The largest absolute Gasteiger partial charge is 0.247 e. The van der Waals surface area contributed by atoms with Gasteiger partial charge in [0.15, 0.2) is 0 Å². The summed E-state index contributed by atoms with van der Waals surface area (Å²) in [5.41, 5.74) is 1.50. The normalized spacial score (nSPS) is 11.7. The second-order valence-electron chi connectivity index (χ2n) is 4.41. The van der Waals surface area contributed by atoms with E-state index in [1.54, 1.807) is 0 Å². The molecule has 7 heteroatoms. The molecule has 1 aromatic carbocycles. The van der Waals surface area contributed by atoms with Crippen molar-refractivity contribution in [1.82, 2.24) is 9.71 Å². The molecule has 0 bridgehead atoms. The Labute approximate surface area is 121 Å². The number of nitrogens with zero attached hydrogens (tertiary/aromatic N) is 1. The minimum Gasteiger partial charge on any atom is -0.247 e. The molecule has 0 aliphatic carbocycles. The summed E-state index contributed by atoms with van der Waals surface area (Å²) in [5, 5.41) is 2.84. The highest BCUT2D eigenvalue weighted by molar-refractivity contribution is 7.88. The Morgan fingerprint density at radius 2 is 2.00 bits per heavy atom. The predicted molar refractivity (Wildman–Crippen MR) is 77.6 cm³/mol. The van der Waals surface area contributed by atoms with E-state index in [0.717, 1.165) is 10.7 Å². The number of thiazole rings is 1. The zero-order chi connectivity index (χ0) is 14.6. The number of halogens is 1. The first kappa shape index (κ1) is 15.1. The molecule has 1 aromatic heterocycles. The fourth-order valence-electron chi connectivity index (χ4n) is 1.68. The van der Waals surface area contributed by atoms with Crippen LogP contribution in [0, 0.1) is 12.7 Å². The van der Waals surface area contributed by atoms with Gasteiger partial charge in [0.1, 0.15) is 5.82 Å². The minimum atomic E-state index is -3.41. The smallest absolute Gasteiger partial charge is 0.215 e. The Balaban J connectivity index is 1.86. The van der Waals surface area contributed by atoms with Crippen LogP contribution in [0.4, 0.5) is 4.39 Å². The molecule has 0 radical (unpaired) electrons. The molecule has 0 unspecified atom stereocenters. The van der Waals surface area contributed by atoms with E-state index < -0.39 is 10.0 Å². The maximum absolute atomic E-state index is 12.7. The van der Waals surface area contributed by atoms with Crippen LogP contribution in [0.5, 0.6) is 0 Å². The third-order valence-corrected chi connectivity index (χ3v) is 4.98. The Kier molecular flexibility index (Phi) is 4.85. The summed E-state index contributed by atoms with van der Waals surface area (Å²) in [7, 11) is -3.41. The molecule has 0 saturated carbocycles. The third-order valence-electron chi connectivity index (χ3n) is 2.60. The molecule has 1 N–H and O–H groups in total. The quantitative estimate of drug-likeness (QED) is 0.889. The summed E-state index contributed by atoms with van der Waals surface area (Å²) in [6, 6.07) is 5.45. The van der Waals surface area contributed by atoms with Crippen molar-refractivity contribution >= 4 is 21.4 Å². The van der Waals surface area contributed by atoms with E-state index >= 15 is 0 Å². The summed E-state index contributed by atoms with van der Waals surface area (Å²) in [6.07, 6.45) is 0.571. The number of benzene rings is 1. The first-order valence-corrected chi connectivity index (χ1v) is 8.60. The van der Waals surface area contributed by atoms with Gasteiger partial charge in [0.05, 0.1) is 10.8 Å². The number of sulfonamides is 1. The molecule has 2 rings (SSSR count). The maximum atomic E-state index is 12.7. The van der Waals surface area contributed by atoms with E-state index in [-0.39, 0.29) is 11.6 Å². The highest BCUT2D eigenvalue weighted by atomic mass is 32.2. The molecule has 108 valence electrons. The summed E-state index contributed by atoms with van der Waals surface area (Å²) < 4.78 is 39.0. The van der Waals surface area contributed by atoms with Crippen LogP contribution in [0.25, 0.3) is 0 Å². The first-order valence-electron chi connectivity index (χ1n) is 6.07. The molecule has 0 fully saturated rings. The Bertz CT molecular complexity index is 666. The van der Waals surface area contributed by atoms with Gasteiger partial charge in [-0.15, -0.1) is 11.3 Å². The minimum absolute atomic E-state index is 0.149. The van der Waals surface area contributed by atoms with Crippen LogP contribution in [0.2, 0.25) is 0 Å². The molecule has 0 spiro atoms. The monoisotopic (exact) mass is 314 g/mol. The molecule has 0 aliphatic heterocycles. The third kappa shape index (κ3) is 4.66. The molecular weight excluding hydrogens is 299 g/mol. The number of hydrogen-bond donors (Lipinski definition) is 1. The zero-order valence-electron chi connectivity index (χ0n) is 11.0. The van der Waals surface area contributed by atoms with Gasteiger partial charge in [-0.2, -0.15) is 0 Å². The molecule has 0 saturated heterocycles. The van der Waals surface area contributed by atoms with E-state index in [9.17, 15) is 12.8 Å². The highest BCUT2D eigenvalue weighted by Crippen LogP contribution is 2.09. The van der Waals surface area contributed by atoms with E-state index in [0.29, 0.717) is 18.5 Å². The van der Waals surface area contributed by atoms with Gasteiger partial charge >= 0.3 is 0 Å². The summed E-state index contributed by atoms with van der Waals surface area (Å²) >= 11 is 1.52. The van der Waals surface area contributed by atoms with Gasteiger partial charge in [-0.25, -0.2) is 22.5 Å². The van der Waals surface area contributed by atoms with E-state index in [1.165, 1.54) is 35.6 Å². The Morgan fingerprint density at radius 3 is 2.60 bits per heavy atom. The van der Waals surface area contributed by atoms with E-state index in [2.05, 4.69) is 9.71 Å². The van der Waals surface area contributed by atoms with Crippen LogP contribution in [0.3, 0.4) is 0 Å². The van der Waals surface area contributed by atoms with Gasteiger partial charge in [0, 0.05) is 24.0 Å². The van der Waals surface area contributed by atoms with Gasteiger partial charge < -0.3 is 0 Å². The lowest BCUT2D eigenvalue weighted by atomic mass is 10.2. The molecule has 0 amide bonds. The molecular formula is C13H15FN2O2S2. The van der Waals surface area contributed by atoms with Crippen molar-refractivity contribution in [3.05, 3.63) is 51.7 Å². The predicted octanol–water partition coefficient (Wildman–Crippen LogP) is 2.25. The summed E-state index contributed by atoms with van der Waals surface area (Å²) in [4.78, 5) is 4.27. The van der Waals surface area contributed by atoms with Crippen molar-refractivity contribution < 1.29 is 12.8 Å². The number of aryl methyl sites for hydroxylation is 1. The number of hydrogen-bond acceptors (Lipinski definition) is 4. The van der Waals surface area contributed by atoms with Gasteiger partial charge in [-0.3, -0.25) is 0 Å². The maximum Gasteiger partial charge on any atom is 0.215 e. The highest BCUT2D eigenvalue weighted by Gasteiger charge is 2.11. The fourth-order valence-corrected chi connectivity index (χ4v) is 3.60. The van der Waals surface area contributed by atoms with Crippen molar-refractivity contribution in [1.29, 1.82) is 0 Å². The average molecular weight is 314 g/mol. The van der Waals surface area contributed by atoms with Crippen LogP contribution in [-0.2, 0) is 22.2 Å². The van der Waals surface area contributed by atoms with Crippen molar-refractivity contribution in [2.24, 2.45) is 0 Å². The first-order chi connectivity index (χ1) is 9.44. The van der Waals surface area contributed by atoms with Crippen LogP contribution < -0.4 is 4.72 Å². The second kappa shape index (κ2) is 6.43. The summed E-state index contributed by atoms with van der Waals surface area (Å²) in [6.45, 7) is 2.22. The van der Waals surface area contributed by atoms with Crippen molar-refractivity contribution in [3.8, 4) is 0 Å². The second-order valence-corrected chi connectivity index (χ2v) is 7.16.